The number of rotatable bonds is 7. The summed E-state index contributed by atoms with van der Waals surface area (Å²) in [6, 6.07) is 3.38. The van der Waals surface area contributed by atoms with Gasteiger partial charge < -0.3 is 14.6 Å². The second-order valence-electron chi connectivity index (χ2n) is 4.45. The van der Waals surface area contributed by atoms with Crippen molar-refractivity contribution in [3.63, 3.8) is 0 Å². The van der Waals surface area contributed by atoms with Gasteiger partial charge in [0.1, 0.15) is 12.5 Å². The molecule has 0 aromatic heterocycles. The average Bonchev–Trinajstić information content (AvgIpc) is 2.37. The molecule has 1 rings (SSSR count). The van der Waals surface area contributed by atoms with Crippen molar-refractivity contribution in [1.82, 2.24) is 4.31 Å². The lowest BCUT2D eigenvalue weighted by Gasteiger charge is -2.20. The van der Waals surface area contributed by atoms with Crippen LogP contribution in [0.3, 0.4) is 0 Å². The molecule has 0 aliphatic rings. The van der Waals surface area contributed by atoms with Crippen LogP contribution in [0.25, 0.3) is 0 Å². The van der Waals surface area contributed by atoms with E-state index in [2.05, 4.69) is 0 Å². The zero-order valence-corrected chi connectivity index (χ0v) is 13.0. The summed E-state index contributed by atoms with van der Waals surface area (Å²) >= 11 is 0. The number of sulfonamides is 1. The molecule has 0 heterocycles. The molecule has 1 aromatic rings. The Balaban J connectivity index is 3.09. The number of methoxy groups -OCH3 is 1. The van der Waals surface area contributed by atoms with E-state index in [1.165, 1.54) is 11.4 Å². The second-order valence-corrected chi connectivity index (χ2v) is 6.44. The Kier molecular flexibility index (Phi) is 5.94. The minimum Gasteiger partial charge on any atom is -0.497 e. The molecule has 1 aromatic carbocycles. The van der Waals surface area contributed by atoms with E-state index >= 15 is 0 Å². The van der Waals surface area contributed by atoms with E-state index in [1.54, 1.807) is 33.1 Å². The van der Waals surface area contributed by atoms with Gasteiger partial charge in [-0.15, -0.1) is 0 Å². The summed E-state index contributed by atoms with van der Waals surface area (Å²) in [5, 5.41) is 8.54. The molecule has 0 bridgehead atoms. The third-order valence-electron chi connectivity index (χ3n) is 2.98. The molecule has 6 nitrogen and oxygen atoms in total. The first-order chi connectivity index (χ1) is 9.34. The number of hydrogen-bond donors (Lipinski definition) is 1. The fraction of sp³-hybridized carbons (Fsp3) is 0.538. The van der Waals surface area contributed by atoms with Gasteiger partial charge in [0.2, 0.25) is 10.0 Å². The quantitative estimate of drug-likeness (QED) is 0.598. The van der Waals surface area contributed by atoms with Crippen LogP contribution >= 0.6 is 0 Å². The molecule has 1 N–H and O–H groups in total. The molecule has 0 aliphatic carbocycles. The van der Waals surface area contributed by atoms with Gasteiger partial charge in [-0.2, -0.15) is 4.31 Å². The molecule has 0 radical (unpaired) electrons. The van der Waals surface area contributed by atoms with Crippen molar-refractivity contribution >= 4 is 10.0 Å². The first-order valence-electron chi connectivity index (χ1n) is 6.14. The molecule has 0 amide bonds. The van der Waals surface area contributed by atoms with Gasteiger partial charge in [-0.05, 0) is 37.1 Å². The Hall–Kier alpha value is -1.15. The molecule has 20 heavy (non-hydrogen) atoms. The third kappa shape index (κ3) is 3.69. The molecular weight excluding hydrogens is 282 g/mol. The first kappa shape index (κ1) is 16.9. The summed E-state index contributed by atoms with van der Waals surface area (Å²) in [6.45, 7) is 3.36. The number of benzene rings is 1. The van der Waals surface area contributed by atoms with Crippen LogP contribution in [0.4, 0.5) is 0 Å². The van der Waals surface area contributed by atoms with Gasteiger partial charge in [0.15, 0.2) is 0 Å². The van der Waals surface area contributed by atoms with Crippen LogP contribution in [0, 0.1) is 13.8 Å². The van der Waals surface area contributed by atoms with Crippen molar-refractivity contribution in [2.45, 2.75) is 18.7 Å². The highest BCUT2D eigenvalue weighted by Crippen LogP contribution is 2.27. The number of nitrogens with zero attached hydrogens (tertiary/aromatic N) is 1. The van der Waals surface area contributed by atoms with Crippen LogP contribution in [0.15, 0.2) is 17.0 Å². The lowest BCUT2D eigenvalue weighted by molar-refractivity contribution is -0.00331. The van der Waals surface area contributed by atoms with Crippen molar-refractivity contribution in [3.8, 4) is 5.75 Å². The van der Waals surface area contributed by atoms with Gasteiger partial charge in [0, 0.05) is 13.6 Å². The molecule has 0 atom stereocenters. The van der Waals surface area contributed by atoms with Crippen molar-refractivity contribution < 1.29 is 23.0 Å². The predicted octanol–water partition coefficient (Wildman–Crippen LogP) is 0.899. The zero-order valence-electron chi connectivity index (χ0n) is 12.2. The third-order valence-corrected chi connectivity index (χ3v) is 5.14. The molecule has 0 spiro atoms. The molecule has 0 saturated heterocycles. The Morgan fingerprint density at radius 3 is 2.25 bits per heavy atom. The highest BCUT2D eigenvalue weighted by Gasteiger charge is 2.25. The molecule has 114 valence electrons. The van der Waals surface area contributed by atoms with Gasteiger partial charge in [-0.3, -0.25) is 0 Å². The monoisotopic (exact) mass is 303 g/mol. The number of aliphatic hydroxyl groups excluding tert-OH is 1. The van der Waals surface area contributed by atoms with E-state index in [0.717, 1.165) is 0 Å². The lowest BCUT2D eigenvalue weighted by atomic mass is 10.1. The minimum atomic E-state index is -3.59. The summed E-state index contributed by atoms with van der Waals surface area (Å²) in [5.41, 5.74) is 1.27. The zero-order chi connectivity index (χ0) is 15.3. The fourth-order valence-corrected chi connectivity index (χ4v) is 3.53. The summed E-state index contributed by atoms with van der Waals surface area (Å²) < 4.78 is 36.2. The van der Waals surface area contributed by atoms with Crippen LogP contribution < -0.4 is 4.74 Å². The summed E-state index contributed by atoms with van der Waals surface area (Å²) in [5.74, 6) is 0.630. The van der Waals surface area contributed by atoms with Crippen LogP contribution in [0.5, 0.6) is 5.75 Å². The molecule has 0 saturated carbocycles. The van der Waals surface area contributed by atoms with Crippen LogP contribution in [-0.2, 0) is 14.8 Å². The number of aryl methyl sites for hydroxylation is 2. The summed E-state index contributed by atoms with van der Waals surface area (Å²) in [7, 11) is -0.562. The van der Waals surface area contributed by atoms with Crippen molar-refractivity contribution in [1.29, 1.82) is 0 Å². The van der Waals surface area contributed by atoms with Crippen molar-refractivity contribution in [2.24, 2.45) is 0 Å². The lowest BCUT2D eigenvalue weighted by Crippen LogP contribution is -2.31. The highest BCUT2D eigenvalue weighted by molar-refractivity contribution is 7.89. The maximum absolute atomic E-state index is 12.5. The van der Waals surface area contributed by atoms with E-state index < -0.39 is 16.8 Å². The van der Waals surface area contributed by atoms with Gasteiger partial charge in [-0.25, -0.2) is 8.42 Å². The SMILES string of the molecule is COc1cc(C)c(S(=O)(=O)N(C)CCOCO)c(C)c1. The number of aliphatic hydroxyl groups is 1. The summed E-state index contributed by atoms with van der Waals surface area (Å²) in [4.78, 5) is 0.282. The van der Waals surface area contributed by atoms with Gasteiger partial charge in [0.25, 0.3) is 0 Å². The number of hydrogen-bond acceptors (Lipinski definition) is 5. The second kappa shape index (κ2) is 7.03. The van der Waals surface area contributed by atoms with E-state index in [4.69, 9.17) is 14.6 Å². The highest BCUT2D eigenvalue weighted by atomic mass is 32.2. The molecule has 0 unspecified atom stereocenters. The van der Waals surface area contributed by atoms with Crippen molar-refractivity contribution in [3.05, 3.63) is 23.3 Å². The topological polar surface area (TPSA) is 76.1 Å². The first-order valence-corrected chi connectivity index (χ1v) is 7.58. The molecular formula is C13H21NO5S. The predicted molar refractivity (Wildman–Crippen MR) is 75.3 cm³/mol. The maximum Gasteiger partial charge on any atom is 0.243 e. The Labute approximate surface area is 120 Å². The Morgan fingerprint density at radius 2 is 1.80 bits per heavy atom. The molecule has 0 fully saturated rings. The maximum atomic E-state index is 12.5. The van der Waals surface area contributed by atoms with Gasteiger partial charge >= 0.3 is 0 Å². The van der Waals surface area contributed by atoms with E-state index in [9.17, 15) is 8.42 Å². The largest absolute Gasteiger partial charge is 0.497 e. The minimum absolute atomic E-state index is 0.139. The van der Waals surface area contributed by atoms with Crippen LogP contribution in [0.1, 0.15) is 11.1 Å². The molecule has 0 aliphatic heterocycles. The van der Waals surface area contributed by atoms with Gasteiger partial charge in [-0.1, -0.05) is 0 Å². The van der Waals surface area contributed by atoms with Crippen LogP contribution in [-0.4, -0.2) is 51.9 Å². The summed E-state index contributed by atoms with van der Waals surface area (Å²) in [6.07, 6.45) is 0. The smallest absolute Gasteiger partial charge is 0.243 e. The van der Waals surface area contributed by atoms with Gasteiger partial charge in [0.05, 0.1) is 18.6 Å². The van der Waals surface area contributed by atoms with E-state index in [-0.39, 0.29) is 18.0 Å². The fourth-order valence-electron chi connectivity index (χ4n) is 1.97. The number of likely N-dealkylation sites (N-methyl/N-ethyl adjacent to an activating group) is 1. The standard InChI is InChI=1S/C13H21NO5S/c1-10-7-12(18-4)8-11(2)13(10)20(16,17)14(3)5-6-19-9-15/h7-8,15H,5-6,9H2,1-4H3. The van der Waals surface area contributed by atoms with Crippen molar-refractivity contribution in [2.75, 3.05) is 34.1 Å². The average molecular weight is 303 g/mol. The normalized spacial score (nSPS) is 11.9. The Morgan fingerprint density at radius 1 is 1.25 bits per heavy atom. The molecule has 7 heteroatoms. The van der Waals surface area contributed by atoms with E-state index in [0.29, 0.717) is 16.9 Å². The van der Waals surface area contributed by atoms with E-state index in [1.807, 2.05) is 0 Å². The Bertz CT molecular complexity index is 533. The van der Waals surface area contributed by atoms with Crippen LogP contribution in [0.2, 0.25) is 0 Å². The number of ether oxygens (including phenoxy) is 2.